The van der Waals surface area contributed by atoms with E-state index in [9.17, 15) is 4.39 Å². The van der Waals surface area contributed by atoms with Gasteiger partial charge in [0.25, 0.3) is 0 Å². The Bertz CT molecular complexity index is 1210. The zero-order valence-electron chi connectivity index (χ0n) is 19.5. The van der Waals surface area contributed by atoms with Crippen LogP contribution in [-0.4, -0.2) is 37.9 Å². The monoisotopic (exact) mass is 481 g/mol. The summed E-state index contributed by atoms with van der Waals surface area (Å²) >= 11 is 5.78. The molecule has 0 radical (unpaired) electrons. The Hall–Kier alpha value is -2.90. The molecule has 3 aromatic heterocycles. The summed E-state index contributed by atoms with van der Waals surface area (Å²) in [5, 5.41) is 4.45. The van der Waals surface area contributed by atoms with E-state index in [0.29, 0.717) is 27.3 Å². The van der Waals surface area contributed by atoms with E-state index in [2.05, 4.69) is 20.1 Å². The van der Waals surface area contributed by atoms with Crippen LogP contribution in [0.3, 0.4) is 0 Å². The number of rotatable bonds is 2. The van der Waals surface area contributed by atoms with E-state index in [1.165, 1.54) is 44.5 Å². The number of benzene rings is 1. The molecule has 1 saturated carbocycles. The molecule has 34 heavy (non-hydrogen) atoms. The van der Waals surface area contributed by atoms with Crippen LogP contribution in [0.25, 0.3) is 22.3 Å². The Morgan fingerprint density at radius 3 is 2.44 bits per heavy atom. The van der Waals surface area contributed by atoms with Gasteiger partial charge in [-0.05, 0) is 81.8 Å². The van der Waals surface area contributed by atoms with E-state index in [1.54, 1.807) is 12.1 Å². The fraction of sp³-hybridized carbons (Fsp3) is 0.385. The summed E-state index contributed by atoms with van der Waals surface area (Å²) in [4.78, 5) is 12.9. The Labute approximate surface area is 204 Å². The lowest BCUT2D eigenvalue weighted by atomic mass is 10.1. The molecule has 4 aromatic rings. The first-order valence-electron chi connectivity index (χ1n) is 11.6. The number of hydrogen-bond acceptors (Lipinski definition) is 5. The number of hydrogen-bond donors (Lipinski definition) is 0. The third kappa shape index (κ3) is 6.36. The molecule has 4 heterocycles. The van der Waals surface area contributed by atoms with Gasteiger partial charge in [-0.25, -0.2) is 19.3 Å². The van der Waals surface area contributed by atoms with E-state index in [0.717, 1.165) is 30.5 Å². The highest BCUT2D eigenvalue weighted by Gasteiger charge is 2.22. The predicted molar refractivity (Wildman–Crippen MR) is 132 cm³/mol. The predicted octanol–water partition coefficient (Wildman–Crippen LogP) is 6.51. The molecule has 2 aliphatic rings. The van der Waals surface area contributed by atoms with Crippen molar-refractivity contribution in [2.24, 2.45) is 0 Å². The summed E-state index contributed by atoms with van der Waals surface area (Å²) in [7, 11) is 0. The highest BCUT2D eigenvalue weighted by molar-refractivity contribution is 6.30. The second-order valence-corrected chi connectivity index (χ2v) is 8.93. The molecule has 0 unspecified atom stereocenters. The molecule has 1 aliphatic heterocycles. The molecule has 1 aliphatic carbocycles. The molecule has 2 fully saturated rings. The summed E-state index contributed by atoms with van der Waals surface area (Å²) < 4.78 is 21.2. The molecular weight excluding hydrogens is 453 g/mol. The molecule has 1 saturated heterocycles. The van der Waals surface area contributed by atoms with Crippen LogP contribution in [0.5, 0.6) is 0 Å². The van der Waals surface area contributed by atoms with Crippen molar-refractivity contribution in [2.75, 3.05) is 13.2 Å². The average Bonchev–Trinajstić information content (AvgIpc) is 3.55. The van der Waals surface area contributed by atoms with Gasteiger partial charge in [-0.3, -0.25) is 4.68 Å². The van der Waals surface area contributed by atoms with Crippen LogP contribution in [0, 0.1) is 19.7 Å². The highest BCUT2D eigenvalue weighted by Crippen LogP contribution is 2.33. The van der Waals surface area contributed by atoms with Gasteiger partial charge in [0.15, 0.2) is 0 Å². The third-order valence-corrected chi connectivity index (χ3v) is 6.00. The van der Waals surface area contributed by atoms with Gasteiger partial charge in [-0.15, -0.1) is 0 Å². The summed E-state index contributed by atoms with van der Waals surface area (Å²) in [5.74, 6) is -0.419. The van der Waals surface area contributed by atoms with Crippen LogP contribution < -0.4 is 0 Å². The van der Waals surface area contributed by atoms with E-state index in [4.69, 9.17) is 16.3 Å². The fourth-order valence-electron chi connectivity index (χ4n) is 3.58. The SMILES string of the molecule is C1CCOCC1.Cc1cc2ncnc(-c3ccc(Cl)cc3F)c2nc1C.c1cnn(C2CC2)c1. The molecule has 0 N–H and O–H groups in total. The average molecular weight is 482 g/mol. The van der Waals surface area contributed by atoms with E-state index >= 15 is 0 Å². The molecule has 1 aromatic carbocycles. The van der Waals surface area contributed by atoms with Gasteiger partial charge in [0, 0.05) is 41.9 Å². The first-order valence-corrected chi connectivity index (χ1v) is 12.0. The molecule has 0 amide bonds. The zero-order chi connectivity index (χ0) is 23.9. The number of ether oxygens (including phenoxy) is 1. The molecule has 6 nitrogen and oxygen atoms in total. The third-order valence-electron chi connectivity index (χ3n) is 5.76. The Morgan fingerprint density at radius 1 is 1.06 bits per heavy atom. The van der Waals surface area contributed by atoms with Crippen molar-refractivity contribution in [3.05, 3.63) is 71.2 Å². The maximum atomic E-state index is 14.1. The van der Waals surface area contributed by atoms with E-state index in [1.807, 2.05) is 43.1 Å². The van der Waals surface area contributed by atoms with Crippen molar-refractivity contribution < 1.29 is 9.13 Å². The zero-order valence-corrected chi connectivity index (χ0v) is 20.3. The fourth-order valence-corrected chi connectivity index (χ4v) is 3.73. The normalized spacial score (nSPS) is 15.2. The second kappa shape index (κ2) is 11.5. The van der Waals surface area contributed by atoms with Crippen molar-refractivity contribution in [2.45, 2.75) is 52.0 Å². The van der Waals surface area contributed by atoms with Gasteiger partial charge >= 0.3 is 0 Å². The summed E-state index contributed by atoms with van der Waals surface area (Å²) in [5.41, 5.74) is 4.07. The van der Waals surface area contributed by atoms with Crippen LogP contribution in [-0.2, 0) is 4.74 Å². The number of fused-ring (bicyclic) bond motifs is 1. The molecule has 8 heteroatoms. The highest BCUT2D eigenvalue weighted by atomic mass is 35.5. The second-order valence-electron chi connectivity index (χ2n) is 8.50. The molecule has 0 bridgehead atoms. The van der Waals surface area contributed by atoms with Crippen molar-refractivity contribution in [1.82, 2.24) is 24.7 Å². The number of halogens is 2. The van der Waals surface area contributed by atoms with Crippen molar-refractivity contribution in [3.63, 3.8) is 0 Å². The number of aromatic nitrogens is 5. The Morgan fingerprint density at radius 2 is 1.85 bits per heavy atom. The number of nitrogens with zero attached hydrogens (tertiary/aromatic N) is 5. The lowest BCUT2D eigenvalue weighted by Crippen LogP contribution is -2.03. The van der Waals surface area contributed by atoms with Crippen LogP contribution in [0.15, 0.2) is 49.1 Å². The summed E-state index contributed by atoms with van der Waals surface area (Å²) in [6.07, 6.45) is 11.8. The minimum Gasteiger partial charge on any atom is -0.381 e. The Balaban J connectivity index is 0.000000158. The summed E-state index contributed by atoms with van der Waals surface area (Å²) in [6.45, 7) is 5.87. The van der Waals surface area contributed by atoms with Gasteiger partial charge in [0.05, 0.1) is 11.6 Å². The lowest BCUT2D eigenvalue weighted by Gasteiger charge is -2.08. The smallest absolute Gasteiger partial charge is 0.134 e. The van der Waals surface area contributed by atoms with Crippen LogP contribution >= 0.6 is 11.6 Å². The van der Waals surface area contributed by atoms with Crippen LogP contribution in [0.4, 0.5) is 4.39 Å². The van der Waals surface area contributed by atoms with E-state index in [-0.39, 0.29) is 0 Å². The summed E-state index contributed by atoms with van der Waals surface area (Å²) in [6, 6.07) is 9.15. The van der Waals surface area contributed by atoms with Crippen molar-refractivity contribution in [1.29, 1.82) is 0 Å². The topological polar surface area (TPSA) is 65.7 Å². The molecule has 0 atom stereocenters. The van der Waals surface area contributed by atoms with Gasteiger partial charge in [0.1, 0.15) is 23.4 Å². The van der Waals surface area contributed by atoms with Crippen molar-refractivity contribution in [3.8, 4) is 11.3 Å². The first kappa shape index (κ1) is 24.2. The molecule has 178 valence electrons. The maximum Gasteiger partial charge on any atom is 0.134 e. The minimum atomic E-state index is -0.419. The standard InChI is InChI=1S/C15H11ClFN3.C6H8N2.C5H10O/c1-8-5-13-15(20-9(8)2)14(19-7-18-13)11-4-3-10(16)6-12(11)17;1-4-7-8(5-1)6-2-3-6;1-2-4-6-5-3-1/h3-7H,1-2H3;1,4-6H,2-3H2;1-5H2. The van der Waals surface area contributed by atoms with Gasteiger partial charge in [0.2, 0.25) is 0 Å². The van der Waals surface area contributed by atoms with E-state index < -0.39 is 5.82 Å². The van der Waals surface area contributed by atoms with Crippen LogP contribution in [0.1, 0.15) is 49.4 Å². The van der Waals surface area contributed by atoms with Gasteiger partial charge in [-0.1, -0.05) is 11.6 Å². The number of aryl methyl sites for hydroxylation is 2. The lowest BCUT2D eigenvalue weighted by molar-refractivity contribution is 0.0968. The molecular formula is C26H29ClFN5O. The van der Waals surface area contributed by atoms with Crippen molar-refractivity contribution >= 4 is 22.6 Å². The quantitative estimate of drug-likeness (QED) is 0.326. The van der Waals surface area contributed by atoms with Crippen LogP contribution in [0.2, 0.25) is 5.02 Å². The first-order chi connectivity index (χ1) is 16.5. The number of pyridine rings is 1. The largest absolute Gasteiger partial charge is 0.381 e. The molecule has 0 spiro atoms. The molecule has 6 rings (SSSR count). The van der Waals surface area contributed by atoms with Gasteiger partial charge in [-0.2, -0.15) is 5.10 Å². The Kier molecular flexibility index (Phi) is 8.19. The van der Waals surface area contributed by atoms with Gasteiger partial charge < -0.3 is 4.74 Å². The minimum absolute atomic E-state index is 0.351. The maximum absolute atomic E-state index is 14.1.